The molecule has 102 valence electrons. The first-order valence-electron chi connectivity index (χ1n) is 5.45. The molecule has 0 heterocycles. The van der Waals surface area contributed by atoms with Crippen molar-refractivity contribution in [2.45, 2.75) is 32.5 Å². The molecule has 0 aliphatic carbocycles. The molecule has 0 aliphatic rings. The van der Waals surface area contributed by atoms with E-state index in [-0.39, 0.29) is 22.9 Å². The van der Waals surface area contributed by atoms with Crippen LogP contribution in [-0.2, 0) is 0 Å². The Kier molecular flexibility index (Phi) is 4.87. The van der Waals surface area contributed by atoms with E-state index < -0.39 is 12.3 Å². The predicted molar refractivity (Wildman–Crippen MR) is 63.0 cm³/mol. The van der Waals surface area contributed by atoms with Crippen LogP contribution >= 0.6 is 11.6 Å². The van der Waals surface area contributed by atoms with Crippen LogP contribution in [0.5, 0.6) is 5.75 Å². The molecule has 1 aromatic rings. The third-order valence-electron chi connectivity index (χ3n) is 2.36. The van der Waals surface area contributed by atoms with Gasteiger partial charge in [-0.15, -0.1) is 0 Å². The van der Waals surface area contributed by atoms with E-state index in [1.54, 1.807) is 6.92 Å². The highest BCUT2D eigenvalue weighted by Gasteiger charge is 2.41. The normalized spacial score (nSPS) is 13.5. The number of benzene rings is 1. The Hall–Kier alpha value is -0.940. The topological polar surface area (TPSA) is 29.5 Å². The first-order valence-corrected chi connectivity index (χ1v) is 5.82. The van der Waals surface area contributed by atoms with E-state index in [4.69, 9.17) is 16.3 Å². The fraction of sp³-hybridized carbons (Fsp3) is 0.500. The van der Waals surface area contributed by atoms with Crippen molar-refractivity contribution in [3.63, 3.8) is 0 Å². The summed E-state index contributed by atoms with van der Waals surface area (Å²) in [6.45, 7) is 3.77. The lowest BCUT2D eigenvalue weighted by Gasteiger charge is -2.19. The van der Waals surface area contributed by atoms with Gasteiger partial charge in [0.1, 0.15) is 5.75 Å². The summed E-state index contributed by atoms with van der Waals surface area (Å²) in [5.41, 5.74) is 0.243. The minimum Gasteiger partial charge on any atom is -0.493 e. The molecule has 0 radical (unpaired) electrons. The van der Waals surface area contributed by atoms with E-state index in [2.05, 4.69) is 0 Å². The van der Waals surface area contributed by atoms with Crippen LogP contribution in [0.1, 0.15) is 30.6 Å². The average Bonchev–Trinajstić information content (AvgIpc) is 2.28. The Labute approximate surface area is 108 Å². The van der Waals surface area contributed by atoms with Gasteiger partial charge in [0, 0.05) is 10.6 Å². The highest BCUT2D eigenvalue weighted by atomic mass is 35.5. The number of ether oxygens (including phenoxy) is 1. The maximum Gasteiger partial charge on any atom is 0.418 e. The summed E-state index contributed by atoms with van der Waals surface area (Å²) >= 11 is 5.78. The van der Waals surface area contributed by atoms with Crippen LogP contribution in [0.4, 0.5) is 13.2 Å². The van der Waals surface area contributed by atoms with Gasteiger partial charge in [0.05, 0.1) is 6.61 Å². The molecule has 1 aromatic carbocycles. The quantitative estimate of drug-likeness (QED) is 0.903. The van der Waals surface area contributed by atoms with Crippen LogP contribution in [0.3, 0.4) is 0 Å². The summed E-state index contributed by atoms with van der Waals surface area (Å²) in [6, 6.07) is 2.50. The van der Waals surface area contributed by atoms with Crippen molar-refractivity contribution in [2.75, 3.05) is 6.61 Å². The van der Waals surface area contributed by atoms with E-state index in [0.29, 0.717) is 12.0 Å². The minimum absolute atomic E-state index is 0.0172. The molecule has 1 atom stereocenters. The fourth-order valence-electron chi connectivity index (χ4n) is 1.40. The van der Waals surface area contributed by atoms with Crippen molar-refractivity contribution in [1.82, 2.24) is 0 Å². The molecule has 18 heavy (non-hydrogen) atoms. The van der Waals surface area contributed by atoms with Crippen LogP contribution in [0, 0.1) is 6.92 Å². The number of aliphatic hydroxyl groups excluding tert-OH is 1. The predicted octanol–water partition coefficient (Wildman–Crippen LogP) is 4.03. The molecule has 1 unspecified atom stereocenters. The first-order chi connectivity index (χ1) is 8.27. The molecule has 2 nitrogen and oxygen atoms in total. The largest absolute Gasteiger partial charge is 0.493 e. The molecular weight excluding hydrogens is 269 g/mol. The van der Waals surface area contributed by atoms with Crippen LogP contribution in [-0.4, -0.2) is 17.9 Å². The van der Waals surface area contributed by atoms with E-state index in [1.807, 2.05) is 6.92 Å². The number of aryl methyl sites for hydroxylation is 1. The molecule has 0 fully saturated rings. The Morgan fingerprint density at radius 1 is 1.39 bits per heavy atom. The van der Waals surface area contributed by atoms with Crippen molar-refractivity contribution >= 4 is 11.6 Å². The Balaban J connectivity index is 3.18. The third-order valence-corrected chi connectivity index (χ3v) is 2.76. The van der Waals surface area contributed by atoms with E-state index in [0.717, 1.165) is 6.07 Å². The summed E-state index contributed by atoms with van der Waals surface area (Å²) < 4.78 is 42.8. The molecule has 0 saturated carbocycles. The summed E-state index contributed by atoms with van der Waals surface area (Å²) in [7, 11) is 0. The fourth-order valence-corrected chi connectivity index (χ4v) is 1.57. The third kappa shape index (κ3) is 3.53. The van der Waals surface area contributed by atoms with Crippen LogP contribution in [0.15, 0.2) is 12.1 Å². The average molecular weight is 283 g/mol. The Morgan fingerprint density at radius 3 is 2.50 bits per heavy atom. The Bertz CT molecular complexity index is 419. The van der Waals surface area contributed by atoms with Crippen LogP contribution in [0.2, 0.25) is 5.02 Å². The maximum absolute atomic E-state index is 12.5. The lowest BCUT2D eigenvalue weighted by Crippen LogP contribution is -2.21. The summed E-state index contributed by atoms with van der Waals surface area (Å²) in [4.78, 5) is 0. The van der Waals surface area contributed by atoms with E-state index >= 15 is 0 Å². The highest BCUT2D eigenvalue weighted by molar-refractivity contribution is 6.31. The zero-order valence-electron chi connectivity index (χ0n) is 10.0. The molecule has 1 N–H and O–H groups in total. The minimum atomic E-state index is -4.75. The molecule has 0 amide bonds. The maximum atomic E-state index is 12.5. The van der Waals surface area contributed by atoms with Crippen LogP contribution < -0.4 is 4.74 Å². The summed E-state index contributed by atoms with van der Waals surface area (Å²) in [5.74, 6) is 0.0172. The van der Waals surface area contributed by atoms with Gasteiger partial charge in [-0.05, 0) is 31.0 Å². The van der Waals surface area contributed by atoms with Gasteiger partial charge in [-0.25, -0.2) is 0 Å². The molecule has 0 bridgehead atoms. The van der Waals surface area contributed by atoms with Gasteiger partial charge in [-0.2, -0.15) is 13.2 Å². The van der Waals surface area contributed by atoms with Crippen molar-refractivity contribution in [2.24, 2.45) is 0 Å². The smallest absolute Gasteiger partial charge is 0.418 e. The van der Waals surface area contributed by atoms with Crippen molar-refractivity contribution in [3.8, 4) is 5.75 Å². The van der Waals surface area contributed by atoms with E-state index in [1.165, 1.54) is 6.07 Å². The Morgan fingerprint density at radius 2 is 2.00 bits per heavy atom. The number of hydrogen-bond acceptors (Lipinski definition) is 2. The first kappa shape index (κ1) is 15.1. The van der Waals surface area contributed by atoms with Gasteiger partial charge < -0.3 is 9.84 Å². The second-order valence-corrected chi connectivity index (χ2v) is 4.34. The molecule has 1 rings (SSSR count). The SMILES string of the molecule is CCCOc1cc(C)c(Cl)cc1C(O)C(F)(F)F. The number of hydrogen-bond donors (Lipinski definition) is 1. The number of aliphatic hydroxyl groups is 1. The van der Waals surface area contributed by atoms with Crippen LogP contribution in [0.25, 0.3) is 0 Å². The van der Waals surface area contributed by atoms with Gasteiger partial charge in [0.25, 0.3) is 0 Å². The molecule has 6 heteroatoms. The zero-order valence-corrected chi connectivity index (χ0v) is 10.8. The second-order valence-electron chi connectivity index (χ2n) is 3.93. The number of alkyl halides is 3. The van der Waals surface area contributed by atoms with Gasteiger partial charge in [-0.3, -0.25) is 0 Å². The molecule has 0 saturated heterocycles. The van der Waals surface area contributed by atoms with Gasteiger partial charge in [0.15, 0.2) is 6.10 Å². The van der Waals surface area contributed by atoms with E-state index in [9.17, 15) is 18.3 Å². The molecule has 0 spiro atoms. The summed E-state index contributed by atoms with van der Waals surface area (Å²) in [5, 5.41) is 9.45. The van der Waals surface area contributed by atoms with Gasteiger partial charge in [0.2, 0.25) is 0 Å². The molecule has 0 aromatic heterocycles. The lowest BCUT2D eigenvalue weighted by molar-refractivity contribution is -0.207. The van der Waals surface area contributed by atoms with Crippen molar-refractivity contribution in [1.29, 1.82) is 0 Å². The summed E-state index contributed by atoms with van der Waals surface area (Å²) in [6.07, 6.45) is -6.69. The van der Waals surface area contributed by atoms with Gasteiger partial charge in [-0.1, -0.05) is 18.5 Å². The number of rotatable bonds is 4. The lowest BCUT2D eigenvalue weighted by atomic mass is 10.1. The van der Waals surface area contributed by atoms with Crippen molar-refractivity contribution in [3.05, 3.63) is 28.3 Å². The molecule has 0 aliphatic heterocycles. The second kappa shape index (κ2) is 5.80. The zero-order chi connectivity index (χ0) is 13.9. The molecular formula is C12H14ClF3O2. The monoisotopic (exact) mass is 282 g/mol. The highest BCUT2D eigenvalue weighted by Crippen LogP contribution is 2.39. The van der Waals surface area contributed by atoms with Gasteiger partial charge >= 0.3 is 6.18 Å². The standard InChI is InChI=1S/C12H14ClF3O2/c1-3-4-18-10-5-7(2)9(13)6-8(10)11(17)12(14,15)16/h5-6,11,17H,3-4H2,1-2H3. The van der Waals surface area contributed by atoms with Crippen molar-refractivity contribution < 1.29 is 23.0 Å². The number of halogens is 4.